The number of piperidine rings is 1. The van der Waals surface area contributed by atoms with Gasteiger partial charge >= 0.3 is 0 Å². The largest absolute Gasteiger partial charge is 0.392 e. The minimum atomic E-state index is -0.0500. The molecule has 2 aliphatic heterocycles. The van der Waals surface area contributed by atoms with Crippen molar-refractivity contribution in [3.63, 3.8) is 0 Å². The maximum absolute atomic E-state index is 6.01. The molecule has 2 fully saturated rings. The van der Waals surface area contributed by atoms with Gasteiger partial charge in [-0.05, 0) is 19.9 Å². The van der Waals surface area contributed by atoms with Gasteiger partial charge in [0.25, 0.3) is 0 Å². The summed E-state index contributed by atoms with van der Waals surface area (Å²) in [5, 5.41) is 0. The second kappa shape index (κ2) is 4.96. The third kappa shape index (κ3) is 2.22. The van der Waals surface area contributed by atoms with Gasteiger partial charge in [-0.2, -0.15) is 0 Å². The predicted octanol–water partition coefficient (Wildman–Crippen LogP) is 0.0691. The van der Waals surface area contributed by atoms with Crippen molar-refractivity contribution in [3.05, 3.63) is 0 Å². The van der Waals surface area contributed by atoms with E-state index in [1.807, 2.05) is 0 Å². The quantitative estimate of drug-likeness (QED) is 0.695. The highest BCUT2D eigenvalue weighted by molar-refractivity contribution is 7.80. The van der Waals surface area contributed by atoms with Crippen LogP contribution in [0.1, 0.15) is 12.8 Å². The minimum absolute atomic E-state index is 0.0500. The Morgan fingerprint density at radius 2 is 1.75 bits per heavy atom. The maximum atomic E-state index is 6.01. The second-order valence-corrected chi connectivity index (χ2v) is 5.24. The fraction of sp³-hybridized carbons (Fsp3) is 0.909. The van der Waals surface area contributed by atoms with Crippen LogP contribution in [0.5, 0.6) is 0 Å². The lowest BCUT2D eigenvalue weighted by Gasteiger charge is -2.48. The molecule has 0 unspecified atom stereocenters. The number of nitrogens with zero attached hydrogens (tertiary/aromatic N) is 2. The van der Waals surface area contributed by atoms with Crippen molar-refractivity contribution in [1.29, 1.82) is 0 Å². The average Bonchev–Trinajstić information content (AvgIpc) is 2.31. The van der Waals surface area contributed by atoms with Gasteiger partial charge in [0.15, 0.2) is 0 Å². The van der Waals surface area contributed by atoms with Crippen molar-refractivity contribution < 1.29 is 4.74 Å². The highest BCUT2D eigenvalue weighted by Gasteiger charge is 2.42. The van der Waals surface area contributed by atoms with Crippen LogP contribution in [0.15, 0.2) is 0 Å². The topological polar surface area (TPSA) is 41.7 Å². The first-order chi connectivity index (χ1) is 7.65. The first-order valence-corrected chi connectivity index (χ1v) is 6.37. The lowest BCUT2D eigenvalue weighted by atomic mass is 9.85. The fourth-order valence-corrected chi connectivity index (χ4v) is 3.03. The summed E-state index contributed by atoms with van der Waals surface area (Å²) in [5.74, 6) is 0. The molecule has 0 spiro atoms. The number of ether oxygens (including phenoxy) is 1. The molecule has 2 heterocycles. The van der Waals surface area contributed by atoms with Gasteiger partial charge in [0.1, 0.15) is 0 Å². The maximum Gasteiger partial charge on any atom is 0.0935 e. The van der Waals surface area contributed by atoms with Crippen molar-refractivity contribution >= 4 is 17.2 Å². The van der Waals surface area contributed by atoms with Crippen molar-refractivity contribution in [2.75, 3.05) is 46.4 Å². The van der Waals surface area contributed by atoms with Gasteiger partial charge in [-0.3, -0.25) is 4.90 Å². The lowest BCUT2D eigenvalue weighted by molar-refractivity contribution is -0.0168. The Morgan fingerprint density at radius 1 is 1.19 bits per heavy atom. The molecule has 2 rings (SSSR count). The van der Waals surface area contributed by atoms with Crippen molar-refractivity contribution in [1.82, 2.24) is 9.80 Å². The third-order valence-electron chi connectivity index (χ3n) is 3.89. The third-order valence-corrected chi connectivity index (χ3v) is 4.27. The van der Waals surface area contributed by atoms with E-state index < -0.39 is 0 Å². The number of morpholine rings is 1. The SMILES string of the molecule is CN1CCC(C(N)=S)(N2CCOCC2)CC1. The Morgan fingerprint density at radius 3 is 2.25 bits per heavy atom. The van der Waals surface area contributed by atoms with Crippen LogP contribution in [-0.2, 0) is 4.74 Å². The van der Waals surface area contributed by atoms with E-state index in [-0.39, 0.29) is 5.54 Å². The molecule has 0 aromatic carbocycles. The Bertz CT molecular complexity index is 258. The van der Waals surface area contributed by atoms with E-state index in [2.05, 4.69) is 16.8 Å². The van der Waals surface area contributed by atoms with Crippen LogP contribution in [0.4, 0.5) is 0 Å². The summed E-state index contributed by atoms with van der Waals surface area (Å²) in [4.78, 5) is 5.45. The summed E-state index contributed by atoms with van der Waals surface area (Å²) < 4.78 is 5.40. The highest BCUT2D eigenvalue weighted by Crippen LogP contribution is 2.29. The number of likely N-dealkylation sites (tertiary alicyclic amines) is 1. The van der Waals surface area contributed by atoms with Gasteiger partial charge in [0, 0.05) is 26.2 Å². The lowest BCUT2D eigenvalue weighted by Crippen LogP contribution is -2.63. The molecule has 2 N–H and O–H groups in total. The summed E-state index contributed by atoms with van der Waals surface area (Å²) in [6, 6.07) is 0. The normalized spacial score (nSPS) is 27.8. The molecule has 92 valence electrons. The Labute approximate surface area is 103 Å². The number of hydrogen-bond donors (Lipinski definition) is 1. The van der Waals surface area contributed by atoms with Gasteiger partial charge in [-0.25, -0.2) is 0 Å². The van der Waals surface area contributed by atoms with Crippen LogP contribution in [0.25, 0.3) is 0 Å². The Balaban J connectivity index is 2.11. The van der Waals surface area contributed by atoms with E-state index in [1.165, 1.54) is 0 Å². The van der Waals surface area contributed by atoms with Crippen LogP contribution in [0, 0.1) is 0 Å². The molecule has 4 nitrogen and oxygen atoms in total. The zero-order valence-electron chi connectivity index (χ0n) is 9.95. The van der Waals surface area contributed by atoms with Crippen LogP contribution in [0.2, 0.25) is 0 Å². The summed E-state index contributed by atoms with van der Waals surface area (Å²) in [7, 11) is 2.16. The van der Waals surface area contributed by atoms with Gasteiger partial charge in [0.05, 0.1) is 23.7 Å². The molecule has 0 atom stereocenters. The summed E-state index contributed by atoms with van der Waals surface area (Å²) in [6.07, 6.45) is 2.11. The second-order valence-electron chi connectivity index (χ2n) is 4.80. The van der Waals surface area contributed by atoms with E-state index in [9.17, 15) is 0 Å². The Hall–Kier alpha value is -0.230. The van der Waals surface area contributed by atoms with E-state index in [0.717, 1.165) is 52.2 Å². The zero-order chi connectivity index (χ0) is 11.6. The molecule has 0 aromatic rings. The van der Waals surface area contributed by atoms with Crippen molar-refractivity contribution in [2.24, 2.45) is 5.73 Å². The molecule has 5 heteroatoms. The fourth-order valence-electron chi connectivity index (χ4n) is 2.70. The van der Waals surface area contributed by atoms with Gasteiger partial charge in [-0.15, -0.1) is 0 Å². The zero-order valence-corrected chi connectivity index (χ0v) is 10.8. The Kier molecular flexibility index (Phi) is 3.79. The van der Waals surface area contributed by atoms with Crippen LogP contribution >= 0.6 is 12.2 Å². The van der Waals surface area contributed by atoms with Gasteiger partial charge < -0.3 is 15.4 Å². The number of thiocarbonyl (C=S) groups is 1. The van der Waals surface area contributed by atoms with Crippen LogP contribution < -0.4 is 5.73 Å². The summed E-state index contributed by atoms with van der Waals surface area (Å²) in [5.41, 5.74) is 5.96. The molecule has 2 saturated heterocycles. The first-order valence-electron chi connectivity index (χ1n) is 5.96. The van der Waals surface area contributed by atoms with E-state index >= 15 is 0 Å². The highest BCUT2D eigenvalue weighted by atomic mass is 32.1. The number of nitrogens with two attached hydrogens (primary N) is 1. The number of rotatable bonds is 2. The molecule has 0 saturated carbocycles. The van der Waals surface area contributed by atoms with Gasteiger partial charge in [-0.1, -0.05) is 12.2 Å². The molecule has 0 radical (unpaired) electrons. The van der Waals surface area contributed by atoms with E-state index in [0.29, 0.717) is 4.99 Å². The molecule has 2 aliphatic rings. The van der Waals surface area contributed by atoms with Crippen LogP contribution in [-0.4, -0.2) is 66.8 Å². The minimum Gasteiger partial charge on any atom is -0.392 e. The molecular formula is C11H21N3OS. The number of hydrogen-bond acceptors (Lipinski definition) is 4. The predicted molar refractivity (Wildman–Crippen MR) is 68.6 cm³/mol. The molecule has 0 amide bonds. The summed E-state index contributed by atoms with van der Waals surface area (Å²) in [6.45, 7) is 5.69. The average molecular weight is 243 g/mol. The summed E-state index contributed by atoms with van der Waals surface area (Å²) >= 11 is 5.32. The van der Waals surface area contributed by atoms with Crippen molar-refractivity contribution in [2.45, 2.75) is 18.4 Å². The molecule has 0 bridgehead atoms. The smallest absolute Gasteiger partial charge is 0.0935 e. The van der Waals surface area contributed by atoms with Crippen LogP contribution in [0.3, 0.4) is 0 Å². The van der Waals surface area contributed by atoms with Gasteiger partial charge in [0.2, 0.25) is 0 Å². The first kappa shape index (κ1) is 12.2. The monoisotopic (exact) mass is 243 g/mol. The molecule has 0 aliphatic carbocycles. The molecular weight excluding hydrogens is 222 g/mol. The molecule has 0 aromatic heterocycles. The standard InChI is InChI=1S/C11H21N3OS/c1-13-4-2-11(3-5-13,10(12)16)14-6-8-15-9-7-14/h2-9H2,1H3,(H2,12,16). The molecule has 16 heavy (non-hydrogen) atoms. The van der Waals surface area contributed by atoms with E-state index in [4.69, 9.17) is 22.7 Å². The van der Waals surface area contributed by atoms with Crippen molar-refractivity contribution in [3.8, 4) is 0 Å². The van der Waals surface area contributed by atoms with E-state index in [1.54, 1.807) is 0 Å².